The van der Waals surface area contributed by atoms with E-state index in [1.807, 2.05) is 18.2 Å². The van der Waals surface area contributed by atoms with Gasteiger partial charge in [0, 0.05) is 28.6 Å². The molecule has 156 valence electrons. The van der Waals surface area contributed by atoms with Gasteiger partial charge < -0.3 is 14.8 Å². The molecule has 0 atom stereocenters. The molecular weight excluding hydrogens is 426 g/mol. The van der Waals surface area contributed by atoms with E-state index in [1.54, 1.807) is 29.6 Å². The predicted molar refractivity (Wildman–Crippen MR) is 117 cm³/mol. The highest BCUT2D eigenvalue weighted by molar-refractivity contribution is 7.14. The summed E-state index contributed by atoms with van der Waals surface area (Å²) in [6.07, 6.45) is 0.101. The van der Waals surface area contributed by atoms with Crippen molar-refractivity contribution in [1.29, 1.82) is 0 Å². The number of benzene rings is 2. The van der Waals surface area contributed by atoms with Crippen molar-refractivity contribution in [2.75, 3.05) is 19.5 Å². The summed E-state index contributed by atoms with van der Waals surface area (Å²) in [7, 11) is 3.03. The van der Waals surface area contributed by atoms with E-state index in [0.29, 0.717) is 39.5 Å². The minimum Gasteiger partial charge on any atom is -0.497 e. The molecule has 0 radical (unpaired) electrons. The summed E-state index contributed by atoms with van der Waals surface area (Å²) in [6.45, 7) is 0.337. The number of aromatic nitrogens is 1. The second-order valence-electron chi connectivity index (χ2n) is 6.24. The lowest BCUT2D eigenvalue weighted by molar-refractivity contribution is -0.120. The highest BCUT2D eigenvalue weighted by atomic mass is 35.5. The fourth-order valence-electron chi connectivity index (χ4n) is 2.62. The van der Waals surface area contributed by atoms with Crippen LogP contribution in [0.15, 0.2) is 47.8 Å². The van der Waals surface area contributed by atoms with Crippen molar-refractivity contribution in [3.63, 3.8) is 0 Å². The number of hydrogen-bond acceptors (Lipinski definition) is 6. The summed E-state index contributed by atoms with van der Waals surface area (Å²) in [5, 5.41) is 8.28. The second kappa shape index (κ2) is 10.1. The zero-order valence-electron chi connectivity index (χ0n) is 16.4. The third-order valence-corrected chi connectivity index (χ3v) is 5.34. The Morgan fingerprint density at radius 3 is 2.47 bits per heavy atom. The Morgan fingerprint density at radius 2 is 1.80 bits per heavy atom. The number of anilines is 1. The van der Waals surface area contributed by atoms with Crippen molar-refractivity contribution in [2.45, 2.75) is 13.0 Å². The number of carbonyl (C=O) groups excluding carboxylic acids is 2. The van der Waals surface area contributed by atoms with Crippen LogP contribution in [0.2, 0.25) is 5.02 Å². The van der Waals surface area contributed by atoms with Gasteiger partial charge in [-0.2, -0.15) is 0 Å². The molecule has 2 N–H and O–H groups in total. The molecule has 1 heterocycles. The number of ether oxygens (including phenoxy) is 2. The maximum Gasteiger partial charge on any atom is 0.257 e. The fraction of sp³-hybridized carbons (Fsp3) is 0.190. The summed E-state index contributed by atoms with van der Waals surface area (Å²) in [4.78, 5) is 29.0. The van der Waals surface area contributed by atoms with Crippen LogP contribution in [0.4, 0.5) is 5.13 Å². The van der Waals surface area contributed by atoms with Crippen LogP contribution < -0.4 is 20.1 Å². The van der Waals surface area contributed by atoms with Crippen LogP contribution in [0, 0.1) is 0 Å². The van der Waals surface area contributed by atoms with Gasteiger partial charge >= 0.3 is 0 Å². The zero-order valence-corrected chi connectivity index (χ0v) is 18.0. The molecule has 0 spiro atoms. The third-order valence-electron chi connectivity index (χ3n) is 4.16. The molecule has 0 fully saturated rings. The SMILES string of the molecule is COc1cc(OC)cc(C(=O)Nc2nc(CC(=O)NCc3ccccc3Cl)cs2)c1. The number of nitrogens with zero attached hydrogens (tertiary/aromatic N) is 1. The lowest BCUT2D eigenvalue weighted by Gasteiger charge is -2.08. The summed E-state index contributed by atoms with van der Waals surface area (Å²) in [5.74, 6) is 0.482. The smallest absolute Gasteiger partial charge is 0.257 e. The fourth-order valence-corrected chi connectivity index (χ4v) is 3.52. The van der Waals surface area contributed by atoms with E-state index in [1.165, 1.54) is 25.6 Å². The standard InChI is InChI=1S/C21H20ClN3O4S/c1-28-16-7-14(8-17(10-16)29-2)20(27)25-21-24-15(12-30-21)9-19(26)23-11-13-5-3-4-6-18(13)22/h3-8,10,12H,9,11H2,1-2H3,(H,23,26)(H,24,25,27). The van der Waals surface area contributed by atoms with Gasteiger partial charge in [0.15, 0.2) is 5.13 Å². The van der Waals surface area contributed by atoms with Gasteiger partial charge in [-0.3, -0.25) is 14.9 Å². The second-order valence-corrected chi connectivity index (χ2v) is 7.51. The van der Waals surface area contributed by atoms with Crippen LogP contribution in [0.3, 0.4) is 0 Å². The van der Waals surface area contributed by atoms with E-state index in [-0.39, 0.29) is 18.2 Å². The summed E-state index contributed by atoms with van der Waals surface area (Å²) in [5.41, 5.74) is 1.78. The van der Waals surface area contributed by atoms with Crippen LogP contribution >= 0.6 is 22.9 Å². The van der Waals surface area contributed by atoms with Crippen LogP contribution in [0.1, 0.15) is 21.6 Å². The van der Waals surface area contributed by atoms with E-state index < -0.39 is 0 Å². The number of carbonyl (C=O) groups is 2. The van der Waals surface area contributed by atoms with Crippen molar-refractivity contribution in [3.05, 3.63) is 69.7 Å². The number of nitrogens with one attached hydrogen (secondary N) is 2. The van der Waals surface area contributed by atoms with Crippen molar-refractivity contribution in [1.82, 2.24) is 10.3 Å². The lowest BCUT2D eigenvalue weighted by atomic mass is 10.2. The molecule has 1 aromatic heterocycles. The first-order chi connectivity index (χ1) is 14.5. The molecule has 0 bridgehead atoms. The molecule has 30 heavy (non-hydrogen) atoms. The van der Waals surface area contributed by atoms with Gasteiger partial charge in [0.2, 0.25) is 5.91 Å². The minimum atomic E-state index is -0.351. The highest BCUT2D eigenvalue weighted by Crippen LogP contribution is 2.24. The monoisotopic (exact) mass is 445 g/mol. The topological polar surface area (TPSA) is 89.6 Å². The molecule has 0 aliphatic heterocycles. The highest BCUT2D eigenvalue weighted by Gasteiger charge is 2.13. The number of amides is 2. The van der Waals surface area contributed by atoms with Crippen molar-refractivity contribution >= 4 is 39.9 Å². The molecular formula is C21H20ClN3O4S. The average molecular weight is 446 g/mol. The molecule has 0 saturated carbocycles. The first kappa shape index (κ1) is 21.6. The summed E-state index contributed by atoms with van der Waals surface area (Å²) >= 11 is 7.34. The zero-order chi connectivity index (χ0) is 21.5. The Labute approximate surface area is 183 Å². The maximum absolute atomic E-state index is 12.5. The van der Waals surface area contributed by atoms with Crippen LogP contribution in [0.25, 0.3) is 0 Å². The van der Waals surface area contributed by atoms with E-state index in [0.717, 1.165) is 5.56 Å². The Bertz CT molecular complexity index is 1030. The summed E-state index contributed by atoms with van der Waals surface area (Å²) < 4.78 is 10.4. The number of halogens is 1. The van der Waals surface area contributed by atoms with Crippen molar-refractivity contribution in [3.8, 4) is 11.5 Å². The number of hydrogen-bond donors (Lipinski definition) is 2. The van der Waals surface area contributed by atoms with Crippen LogP contribution in [-0.2, 0) is 17.8 Å². The van der Waals surface area contributed by atoms with Gasteiger partial charge in [-0.25, -0.2) is 4.98 Å². The molecule has 9 heteroatoms. The van der Waals surface area contributed by atoms with E-state index >= 15 is 0 Å². The maximum atomic E-state index is 12.5. The molecule has 7 nitrogen and oxygen atoms in total. The number of rotatable bonds is 8. The first-order valence-corrected chi connectivity index (χ1v) is 10.2. The van der Waals surface area contributed by atoms with Gasteiger partial charge in [0.1, 0.15) is 11.5 Å². The first-order valence-electron chi connectivity index (χ1n) is 8.97. The third kappa shape index (κ3) is 5.71. The van der Waals surface area contributed by atoms with Gasteiger partial charge in [-0.05, 0) is 23.8 Å². The molecule has 0 aliphatic rings. The van der Waals surface area contributed by atoms with Crippen molar-refractivity contribution in [2.24, 2.45) is 0 Å². The predicted octanol–water partition coefficient (Wildman–Crippen LogP) is 3.92. The van der Waals surface area contributed by atoms with Crippen LogP contribution in [-0.4, -0.2) is 31.0 Å². The quantitative estimate of drug-likeness (QED) is 0.548. The van der Waals surface area contributed by atoms with E-state index in [2.05, 4.69) is 15.6 Å². The normalized spacial score (nSPS) is 10.4. The molecule has 0 aliphatic carbocycles. The van der Waals surface area contributed by atoms with E-state index in [4.69, 9.17) is 21.1 Å². The molecule has 3 aromatic rings. The van der Waals surface area contributed by atoms with E-state index in [9.17, 15) is 9.59 Å². The molecule has 3 rings (SSSR count). The van der Waals surface area contributed by atoms with Gasteiger partial charge in [0.05, 0.1) is 26.3 Å². The largest absolute Gasteiger partial charge is 0.497 e. The Kier molecular flexibility index (Phi) is 7.26. The van der Waals surface area contributed by atoms with Gasteiger partial charge in [0.25, 0.3) is 5.91 Å². The lowest BCUT2D eigenvalue weighted by Crippen LogP contribution is -2.24. The van der Waals surface area contributed by atoms with Gasteiger partial charge in [-0.15, -0.1) is 11.3 Å². The Balaban J connectivity index is 1.57. The molecule has 2 amide bonds. The molecule has 0 saturated heterocycles. The molecule has 0 unspecified atom stereocenters. The van der Waals surface area contributed by atoms with Crippen molar-refractivity contribution < 1.29 is 19.1 Å². The molecule has 2 aromatic carbocycles. The Morgan fingerprint density at radius 1 is 1.10 bits per heavy atom. The van der Waals surface area contributed by atoms with Gasteiger partial charge in [-0.1, -0.05) is 29.8 Å². The number of thiazole rings is 1. The number of methoxy groups -OCH3 is 2. The van der Waals surface area contributed by atoms with Crippen LogP contribution in [0.5, 0.6) is 11.5 Å². The average Bonchev–Trinajstić information content (AvgIpc) is 3.19. The Hall–Kier alpha value is -3.10. The minimum absolute atomic E-state index is 0.101. The summed E-state index contributed by atoms with van der Waals surface area (Å²) in [6, 6.07) is 12.2.